The van der Waals surface area contributed by atoms with Gasteiger partial charge in [0, 0.05) is 51.8 Å². The molecule has 1 atom stereocenters. The number of carbonyl (C=O) groups excluding carboxylic acids is 2. The van der Waals surface area contributed by atoms with Crippen molar-refractivity contribution in [1.29, 1.82) is 0 Å². The standard InChI is InChI=1S/C17H21N5O3/c1-25-8-7-21-12-14(10-16(21)23)17(24)19-11-13-3-5-18-15(9-13)22-6-2-4-20-22/h2-6,9,14H,7-8,10-12H2,1H3,(H,19,24)/t14-/m0/s1. The molecule has 1 saturated heterocycles. The molecule has 0 bridgehead atoms. The zero-order valence-corrected chi connectivity index (χ0v) is 14.1. The SMILES string of the molecule is COCCN1C[C@@H](C(=O)NCc2ccnc(-n3cccn3)c2)CC1=O. The van der Waals surface area contributed by atoms with Gasteiger partial charge in [-0.25, -0.2) is 9.67 Å². The van der Waals surface area contributed by atoms with Crippen molar-refractivity contribution in [3.63, 3.8) is 0 Å². The van der Waals surface area contributed by atoms with E-state index in [1.807, 2.05) is 24.4 Å². The summed E-state index contributed by atoms with van der Waals surface area (Å²) >= 11 is 0. The molecule has 3 rings (SSSR count). The lowest BCUT2D eigenvalue weighted by Crippen LogP contribution is -2.33. The topological polar surface area (TPSA) is 89.3 Å². The van der Waals surface area contributed by atoms with Crippen molar-refractivity contribution in [2.45, 2.75) is 13.0 Å². The highest BCUT2D eigenvalue weighted by Gasteiger charge is 2.33. The van der Waals surface area contributed by atoms with E-state index in [1.54, 1.807) is 29.1 Å². The van der Waals surface area contributed by atoms with Crippen molar-refractivity contribution in [1.82, 2.24) is 25.0 Å². The third-order valence-electron chi connectivity index (χ3n) is 4.17. The van der Waals surface area contributed by atoms with Gasteiger partial charge >= 0.3 is 0 Å². The Hall–Kier alpha value is -2.74. The molecule has 0 radical (unpaired) electrons. The Morgan fingerprint density at radius 1 is 1.44 bits per heavy atom. The molecule has 0 aliphatic carbocycles. The lowest BCUT2D eigenvalue weighted by molar-refractivity contribution is -0.129. The second-order valence-corrected chi connectivity index (χ2v) is 5.92. The first kappa shape index (κ1) is 17.1. The minimum Gasteiger partial charge on any atom is -0.383 e. The summed E-state index contributed by atoms with van der Waals surface area (Å²) in [5.41, 5.74) is 0.925. The molecular weight excluding hydrogens is 322 g/mol. The smallest absolute Gasteiger partial charge is 0.225 e. The number of carbonyl (C=O) groups is 2. The van der Waals surface area contributed by atoms with Gasteiger partial charge in [-0.1, -0.05) is 0 Å². The molecule has 25 heavy (non-hydrogen) atoms. The summed E-state index contributed by atoms with van der Waals surface area (Å²) in [5, 5.41) is 7.04. The number of methoxy groups -OCH3 is 1. The summed E-state index contributed by atoms with van der Waals surface area (Å²) in [6.07, 6.45) is 5.43. The second kappa shape index (κ2) is 7.89. The van der Waals surface area contributed by atoms with E-state index in [2.05, 4.69) is 15.4 Å². The van der Waals surface area contributed by atoms with Gasteiger partial charge in [-0.3, -0.25) is 9.59 Å². The number of hydrogen-bond acceptors (Lipinski definition) is 5. The number of amides is 2. The van der Waals surface area contributed by atoms with Crippen LogP contribution in [0.4, 0.5) is 0 Å². The fraction of sp³-hybridized carbons (Fsp3) is 0.412. The maximum absolute atomic E-state index is 12.3. The Kier molecular flexibility index (Phi) is 5.39. The predicted molar refractivity (Wildman–Crippen MR) is 89.8 cm³/mol. The van der Waals surface area contributed by atoms with Gasteiger partial charge in [0.15, 0.2) is 5.82 Å². The fourth-order valence-corrected chi connectivity index (χ4v) is 2.80. The number of rotatable bonds is 7. The first-order valence-electron chi connectivity index (χ1n) is 8.16. The van der Waals surface area contributed by atoms with Gasteiger partial charge in [0.2, 0.25) is 11.8 Å². The quantitative estimate of drug-likeness (QED) is 0.785. The van der Waals surface area contributed by atoms with Gasteiger partial charge in [-0.2, -0.15) is 5.10 Å². The predicted octanol–water partition coefficient (Wildman–Crippen LogP) is 0.378. The average molecular weight is 343 g/mol. The van der Waals surface area contributed by atoms with Crippen molar-refractivity contribution in [3.05, 3.63) is 42.4 Å². The number of pyridine rings is 1. The molecule has 0 saturated carbocycles. The highest BCUT2D eigenvalue weighted by Crippen LogP contribution is 2.18. The van der Waals surface area contributed by atoms with Gasteiger partial charge in [0.1, 0.15) is 0 Å². The lowest BCUT2D eigenvalue weighted by atomic mass is 10.1. The zero-order chi connectivity index (χ0) is 17.6. The van der Waals surface area contributed by atoms with Gasteiger partial charge in [-0.15, -0.1) is 0 Å². The normalized spacial score (nSPS) is 17.1. The summed E-state index contributed by atoms with van der Waals surface area (Å²) in [7, 11) is 1.59. The van der Waals surface area contributed by atoms with E-state index in [0.717, 1.165) is 5.56 Å². The minimum absolute atomic E-state index is 0.00193. The maximum Gasteiger partial charge on any atom is 0.225 e. The van der Waals surface area contributed by atoms with E-state index in [4.69, 9.17) is 4.74 Å². The Bertz CT molecular complexity index is 732. The van der Waals surface area contributed by atoms with Crippen molar-refractivity contribution < 1.29 is 14.3 Å². The van der Waals surface area contributed by atoms with Crippen LogP contribution >= 0.6 is 0 Å². The van der Waals surface area contributed by atoms with E-state index in [9.17, 15) is 9.59 Å². The molecule has 132 valence electrons. The van der Waals surface area contributed by atoms with Crippen LogP contribution in [-0.2, 0) is 20.9 Å². The summed E-state index contributed by atoms with van der Waals surface area (Å²) < 4.78 is 6.65. The van der Waals surface area contributed by atoms with Gasteiger partial charge < -0.3 is 15.0 Å². The molecule has 3 heterocycles. The molecule has 2 aromatic heterocycles. The van der Waals surface area contributed by atoms with Crippen molar-refractivity contribution >= 4 is 11.8 Å². The molecular formula is C17H21N5O3. The molecule has 0 aromatic carbocycles. The average Bonchev–Trinajstić information content (AvgIpc) is 3.28. The first-order valence-corrected chi connectivity index (χ1v) is 8.16. The maximum atomic E-state index is 12.3. The zero-order valence-electron chi connectivity index (χ0n) is 14.1. The third kappa shape index (κ3) is 4.21. The number of nitrogens with one attached hydrogen (secondary N) is 1. The third-order valence-corrected chi connectivity index (χ3v) is 4.17. The number of aromatic nitrogens is 3. The summed E-state index contributed by atoms with van der Waals surface area (Å²) in [6, 6.07) is 5.54. The molecule has 2 amide bonds. The molecule has 0 spiro atoms. The summed E-state index contributed by atoms with van der Waals surface area (Å²) in [6.45, 7) is 1.84. The molecule has 0 unspecified atom stereocenters. The number of nitrogens with zero attached hydrogens (tertiary/aromatic N) is 4. The lowest BCUT2D eigenvalue weighted by Gasteiger charge is -2.15. The highest BCUT2D eigenvalue weighted by molar-refractivity contribution is 5.89. The Morgan fingerprint density at radius 3 is 3.08 bits per heavy atom. The van der Waals surface area contributed by atoms with Crippen LogP contribution in [0.2, 0.25) is 0 Å². The molecule has 1 aliphatic heterocycles. The van der Waals surface area contributed by atoms with Gasteiger partial charge in [-0.05, 0) is 23.8 Å². The van der Waals surface area contributed by atoms with E-state index < -0.39 is 0 Å². The molecule has 8 nitrogen and oxygen atoms in total. The molecule has 2 aromatic rings. The Labute approximate surface area is 145 Å². The minimum atomic E-state index is -0.309. The number of likely N-dealkylation sites (tertiary alicyclic amines) is 1. The molecule has 8 heteroatoms. The summed E-state index contributed by atoms with van der Waals surface area (Å²) in [5.74, 6) is 0.281. The van der Waals surface area contributed by atoms with Crippen LogP contribution in [0.3, 0.4) is 0 Å². The van der Waals surface area contributed by atoms with Crippen LogP contribution in [-0.4, -0.2) is 58.3 Å². The van der Waals surface area contributed by atoms with E-state index in [1.165, 1.54) is 0 Å². The first-order chi connectivity index (χ1) is 12.2. The second-order valence-electron chi connectivity index (χ2n) is 5.92. The highest BCUT2D eigenvalue weighted by atomic mass is 16.5. The largest absolute Gasteiger partial charge is 0.383 e. The van der Waals surface area contributed by atoms with Crippen molar-refractivity contribution in [3.8, 4) is 5.82 Å². The van der Waals surface area contributed by atoms with E-state index in [-0.39, 0.29) is 24.2 Å². The van der Waals surface area contributed by atoms with Crippen LogP contribution < -0.4 is 5.32 Å². The van der Waals surface area contributed by atoms with E-state index in [0.29, 0.717) is 32.1 Å². The number of ether oxygens (including phenoxy) is 1. The van der Waals surface area contributed by atoms with Crippen molar-refractivity contribution in [2.75, 3.05) is 26.8 Å². The Balaban J connectivity index is 1.54. The monoisotopic (exact) mass is 343 g/mol. The van der Waals surface area contributed by atoms with Gasteiger partial charge in [0.05, 0.1) is 12.5 Å². The van der Waals surface area contributed by atoms with Crippen LogP contribution in [0.5, 0.6) is 0 Å². The molecule has 1 N–H and O–H groups in total. The van der Waals surface area contributed by atoms with Crippen LogP contribution in [0.15, 0.2) is 36.8 Å². The van der Waals surface area contributed by atoms with E-state index >= 15 is 0 Å². The van der Waals surface area contributed by atoms with Crippen molar-refractivity contribution in [2.24, 2.45) is 5.92 Å². The summed E-state index contributed by atoms with van der Waals surface area (Å²) in [4.78, 5) is 30.2. The van der Waals surface area contributed by atoms with Gasteiger partial charge in [0.25, 0.3) is 0 Å². The van der Waals surface area contributed by atoms with Crippen LogP contribution in [0.1, 0.15) is 12.0 Å². The molecule has 1 aliphatic rings. The number of hydrogen-bond donors (Lipinski definition) is 1. The fourth-order valence-electron chi connectivity index (χ4n) is 2.80. The van der Waals surface area contributed by atoms with Crippen LogP contribution in [0, 0.1) is 5.92 Å². The molecule has 1 fully saturated rings. The Morgan fingerprint density at radius 2 is 2.32 bits per heavy atom. The van der Waals surface area contributed by atoms with Crippen LogP contribution in [0.25, 0.3) is 5.82 Å².